The van der Waals surface area contributed by atoms with Gasteiger partial charge in [0.15, 0.2) is 0 Å². The SMILES string of the molecule is CCCNC(CC1CCOCC1)c1ccc(C(C)C)cc1. The molecule has 0 aromatic heterocycles. The molecule has 1 atom stereocenters. The topological polar surface area (TPSA) is 21.3 Å². The molecule has 2 nitrogen and oxygen atoms in total. The van der Waals surface area contributed by atoms with Gasteiger partial charge in [-0.05, 0) is 55.2 Å². The average Bonchev–Trinajstić information content (AvgIpc) is 2.52. The van der Waals surface area contributed by atoms with Gasteiger partial charge in [0, 0.05) is 19.3 Å². The molecule has 1 aliphatic heterocycles. The Hall–Kier alpha value is -0.860. The molecule has 2 rings (SSSR count). The third-order valence-electron chi connectivity index (χ3n) is 4.56. The molecule has 0 bridgehead atoms. The molecule has 1 aromatic carbocycles. The maximum Gasteiger partial charge on any atom is 0.0468 e. The van der Waals surface area contributed by atoms with E-state index in [1.54, 1.807) is 0 Å². The number of nitrogens with one attached hydrogen (secondary N) is 1. The first-order chi connectivity index (χ1) is 10.2. The molecule has 1 fully saturated rings. The zero-order chi connectivity index (χ0) is 15.1. The van der Waals surface area contributed by atoms with Gasteiger partial charge in [0.25, 0.3) is 0 Å². The average molecular weight is 289 g/mol. The van der Waals surface area contributed by atoms with Crippen LogP contribution in [0.4, 0.5) is 0 Å². The van der Waals surface area contributed by atoms with Crippen LogP contribution in [0.25, 0.3) is 0 Å². The van der Waals surface area contributed by atoms with Crippen molar-refractivity contribution in [3.05, 3.63) is 35.4 Å². The molecule has 1 aromatic rings. The lowest BCUT2D eigenvalue weighted by molar-refractivity contribution is 0.0605. The predicted octanol–water partition coefficient (Wildman–Crippen LogP) is 4.67. The van der Waals surface area contributed by atoms with Crippen molar-refractivity contribution < 1.29 is 4.74 Å². The molecule has 0 amide bonds. The number of hydrogen-bond acceptors (Lipinski definition) is 2. The Morgan fingerprint density at radius 1 is 1.10 bits per heavy atom. The second kappa shape index (κ2) is 8.55. The van der Waals surface area contributed by atoms with Crippen molar-refractivity contribution in [1.29, 1.82) is 0 Å². The first kappa shape index (κ1) is 16.5. The van der Waals surface area contributed by atoms with E-state index in [0.29, 0.717) is 12.0 Å². The molecule has 21 heavy (non-hydrogen) atoms. The molecule has 0 spiro atoms. The standard InChI is InChI=1S/C19H31NO/c1-4-11-20-19(14-16-9-12-21-13-10-16)18-7-5-17(6-8-18)15(2)3/h5-8,15-16,19-20H,4,9-14H2,1-3H3. The van der Waals surface area contributed by atoms with E-state index in [2.05, 4.69) is 50.4 Å². The fraction of sp³-hybridized carbons (Fsp3) is 0.684. The summed E-state index contributed by atoms with van der Waals surface area (Å²) in [6.07, 6.45) is 4.86. The fourth-order valence-corrected chi connectivity index (χ4v) is 3.08. The Balaban J connectivity index is 2.02. The highest BCUT2D eigenvalue weighted by Crippen LogP contribution is 2.28. The molecule has 0 saturated carbocycles. The van der Waals surface area contributed by atoms with Gasteiger partial charge >= 0.3 is 0 Å². The van der Waals surface area contributed by atoms with Gasteiger partial charge in [0.1, 0.15) is 0 Å². The van der Waals surface area contributed by atoms with Crippen molar-refractivity contribution >= 4 is 0 Å². The smallest absolute Gasteiger partial charge is 0.0468 e. The Kier molecular flexibility index (Phi) is 6.72. The maximum atomic E-state index is 5.49. The van der Waals surface area contributed by atoms with Crippen LogP contribution in [0.2, 0.25) is 0 Å². The first-order valence-corrected chi connectivity index (χ1v) is 8.61. The minimum Gasteiger partial charge on any atom is -0.381 e. The van der Waals surface area contributed by atoms with E-state index < -0.39 is 0 Å². The van der Waals surface area contributed by atoms with E-state index in [1.165, 1.54) is 36.8 Å². The Morgan fingerprint density at radius 2 is 1.71 bits per heavy atom. The van der Waals surface area contributed by atoms with E-state index in [1.807, 2.05) is 0 Å². The lowest BCUT2D eigenvalue weighted by Gasteiger charge is -2.28. The lowest BCUT2D eigenvalue weighted by atomic mass is 9.88. The van der Waals surface area contributed by atoms with Gasteiger partial charge < -0.3 is 10.1 Å². The van der Waals surface area contributed by atoms with Crippen LogP contribution in [-0.4, -0.2) is 19.8 Å². The summed E-state index contributed by atoms with van der Waals surface area (Å²) in [4.78, 5) is 0. The number of ether oxygens (including phenoxy) is 1. The number of benzene rings is 1. The van der Waals surface area contributed by atoms with Crippen LogP contribution in [0.15, 0.2) is 24.3 Å². The van der Waals surface area contributed by atoms with E-state index in [4.69, 9.17) is 4.74 Å². The number of rotatable bonds is 7. The second-order valence-corrected chi connectivity index (χ2v) is 6.62. The molecule has 1 heterocycles. The maximum absolute atomic E-state index is 5.49. The van der Waals surface area contributed by atoms with Crippen molar-refractivity contribution in [3.63, 3.8) is 0 Å². The summed E-state index contributed by atoms with van der Waals surface area (Å²) in [7, 11) is 0. The molecule has 1 aliphatic rings. The van der Waals surface area contributed by atoms with Crippen molar-refractivity contribution in [1.82, 2.24) is 5.32 Å². The molecular weight excluding hydrogens is 258 g/mol. The zero-order valence-electron chi connectivity index (χ0n) is 13.9. The first-order valence-electron chi connectivity index (χ1n) is 8.61. The van der Waals surface area contributed by atoms with Gasteiger partial charge in [0.05, 0.1) is 0 Å². The third-order valence-corrected chi connectivity index (χ3v) is 4.56. The second-order valence-electron chi connectivity index (χ2n) is 6.62. The van der Waals surface area contributed by atoms with Gasteiger partial charge in [-0.3, -0.25) is 0 Å². The van der Waals surface area contributed by atoms with Crippen LogP contribution >= 0.6 is 0 Å². The summed E-state index contributed by atoms with van der Waals surface area (Å²) in [5, 5.41) is 3.74. The lowest BCUT2D eigenvalue weighted by Crippen LogP contribution is -2.27. The third kappa shape index (κ3) is 5.12. The highest BCUT2D eigenvalue weighted by atomic mass is 16.5. The normalized spacial score (nSPS) is 18.1. The Morgan fingerprint density at radius 3 is 2.29 bits per heavy atom. The molecule has 0 radical (unpaired) electrons. The number of hydrogen-bond donors (Lipinski definition) is 1. The molecular formula is C19H31NO. The van der Waals surface area contributed by atoms with E-state index in [-0.39, 0.29) is 0 Å². The minimum atomic E-state index is 0.495. The predicted molar refractivity (Wildman–Crippen MR) is 89.7 cm³/mol. The van der Waals surface area contributed by atoms with Gasteiger partial charge in [0.2, 0.25) is 0 Å². The van der Waals surface area contributed by atoms with Crippen molar-refractivity contribution in [2.45, 2.75) is 58.4 Å². The van der Waals surface area contributed by atoms with Gasteiger partial charge in [-0.15, -0.1) is 0 Å². The Bertz CT molecular complexity index is 393. The van der Waals surface area contributed by atoms with E-state index >= 15 is 0 Å². The molecule has 0 aliphatic carbocycles. The van der Waals surface area contributed by atoms with Crippen LogP contribution in [0.5, 0.6) is 0 Å². The zero-order valence-corrected chi connectivity index (χ0v) is 13.9. The fourth-order valence-electron chi connectivity index (χ4n) is 3.08. The van der Waals surface area contributed by atoms with Crippen molar-refractivity contribution in [2.75, 3.05) is 19.8 Å². The Labute approximate surface area is 130 Å². The molecule has 1 unspecified atom stereocenters. The van der Waals surface area contributed by atoms with Crippen LogP contribution in [-0.2, 0) is 4.74 Å². The summed E-state index contributed by atoms with van der Waals surface area (Å²) < 4.78 is 5.49. The molecule has 118 valence electrons. The van der Waals surface area contributed by atoms with Gasteiger partial charge in [-0.2, -0.15) is 0 Å². The summed E-state index contributed by atoms with van der Waals surface area (Å²) in [6.45, 7) is 9.72. The van der Waals surface area contributed by atoms with Crippen molar-refractivity contribution in [2.24, 2.45) is 5.92 Å². The highest BCUT2D eigenvalue weighted by Gasteiger charge is 2.20. The van der Waals surface area contributed by atoms with Crippen LogP contribution in [0.3, 0.4) is 0 Å². The summed E-state index contributed by atoms with van der Waals surface area (Å²) in [5.41, 5.74) is 2.87. The summed E-state index contributed by atoms with van der Waals surface area (Å²) >= 11 is 0. The van der Waals surface area contributed by atoms with Crippen LogP contribution < -0.4 is 5.32 Å². The monoisotopic (exact) mass is 289 g/mol. The minimum absolute atomic E-state index is 0.495. The molecule has 2 heteroatoms. The molecule has 1 saturated heterocycles. The van der Waals surface area contributed by atoms with Crippen molar-refractivity contribution in [3.8, 4) is 0 Å². The molecule has 1 N–H and O–H groups in total. The van der Waals surface area contributed by atoms with E-state index in [0.717, 1.165) is 25.7 Å². The van der Waals surface area contributed by atoms with Crippen LogP contribution in [0.1, 0.15) is 69.5 Å². The summed E-state index contributed by atoms with van der Waals surface area (Å²) in [5.74, 6) is 1.41. The van der Waals surface area contributed by atoms with E-state index in [9.17, 15) is 0 Å². The van der Waals surface area contributed by atoms with Gasteiger partial charge in [-0.25, -0.2) is 0 Å². The van der Waals surface area contributed by atoms with Gasteiger partial charge in [-0.1, -0.05) is 45.0 Å². The van der Waals surface area contributed by atoms with Crippen LogP contribution in [0, 0.1) is 5.92 Å². The quantitative estimate of drug-likeness (QED) is 0.787. The largest absolute Gasteiger partial charge is 0.381 e. The highest BCUT2D eigenvalue weighted by molar-refractivity contribution is 5.27. The summed E-state index contributed by atoms with van der Waals surface area (Å²) in [6, 6.07) is 9.73.